The molecule has 1 saturated heterocycles. The number of carbonyl (C=O) groups is 1. The molecule has 0 radical (unpaired) electrons. The van der Waals surface area contributed by atoms with Gasteiger partial charge in [-0.1, -0.05) is 23.2 Å². The zero-order valence-electron chi connectivity index (χ0n) is 9.90. The normalized spacial score (nSPS) is 17.7. The van der Waals surface area contributed by atoms with E-state index in [1.807, 2.05) is 7.05 Å². The van der Waals surface area contributed by atoms with Gasteiger partial charge in [0.25, 0.3) is 0 Å². The number of hydrogen-bond donors (Lipinski definition) is 0. The lowest BCUT2D eigenvalue weighted by Crippen LogP contribution is -2.35. The molecule has 0 spiro atoms. The molecule has 1 aromatic heterocycles. The van der Waals surface area contributed by atoms with Crippen LogP contribution in [0.2, 0.25) is 10.3 Å². The van der Waals surface area contributed by atoms with E-state index in [2.05, 4.69) is 15.1 Å². The number of esters is 1. The van der Waals surface area contributed by atoms with Crippen molar-refractivity contribution in [2.45, 2.75) is 18.9 Å². The molecule has 0 amide bonds. The Morgan fingerprint density at radius 3 is 2.72 bits per heavy atom. The van der Waals surface area contributed by atoms with Crippen molar-refractivity contribution in [3.05, 3.63) is 21.9 Å². The smallest absolute Gasteiger partial charge is 0.341 e. The van der Waals surface area contributed by atoms with Crippen LogP contribution in [0.1, 0.15) is 23.2 Å². The van der Waals surface area contributed by atoms with Crippen LogP contribution in [0, 0.1) is 0 Å². The third kappa shape index (κ3) is 3.31. The van der Waals surface area contributed by atoms with Crippen LogP contribution in [0.15, 0.2) is 6.07 Å². The van der Waals surface area contributed by atoms with Gasteiger partial charge in [-0.05, 0) is 26.0 Å². The lowest BCUT2D eigenvalue weighted by atomic mass is 10.1. The number of piperidine rings is 1. The average molecular weight is 290 g/mol. The standard InChI is InChI=1S/C11H13Cl2N3O2/c1-16-4-2-7(3-5-16)18-11(17)8-6-9(12)14-15-10(8)13/h6-7H,2-5H2,1H3. The van der Waals surface area contributed by atoms with Crippen LogP contribution in [-0.4, -0.2) is 47.3 Å². The van der Waals surface area contributed by atoms with Gasteiger partial charge in [-0.2, -0.15) is 0 Å². The molecule has 0 atom stereocenters. The molecular formula is C11H13Cl2N3O2. The summed E-state index contributed by atoms with van der Waals surface area (Å²) in [7, 11) is 2.04. The van der Waals surface area contributed by atoms with Crippen LogP contribution in [0.3, 0.4) is 0 Å². The van der Waals surface area contributed by atoms with Crippen molar-refractivity contribution >= 4 is 29.2 Å². The first kappa shape index (κ1) is 13.5. The molecule has 0 N–H and O–H groups in total. The van der Waals surface area contributed by atoms with Crippen LogP contribution in [0.25, 0.3) is 0 Å². The highest BCUT2D eigenvalue weighted by Gasteiger charge is 2.23. The van der Waals surface area contributed by atoms with E-state index >= 15 is 0 Å². The second-order valence-corrected chi connectivity index (χ2v) is 5.02. The fourth-order valence-corrected chi connectivity index (χ4v) is 2.13. The fraction of sp³-hybridized carbons (Fsp3) is 0.545. The summed E-state index contributed by atoms with van der Waals surface area (Å²) in [5.41, 5.74) is 0.163. The highest BCUT2D eigenvalue weighted by molar-refractivity contribution is 6.33. The van der Waals surface area contributed by atoms with Gasteiger partial charge in [0.05, 0.1) is 0 Å². The van der Waals surface area contributed by atoms with E-state index in [0.717, 1.165) is 25.9 Å². The molecule has 1 aliphatic rings. The molecule has 0 aromatic carbocycles. The maximum atomic E-state index is 11.9. The molecule has 0 bridgehead atoms. The topological polar surface area (TPSA) is 55.3 Å². The Bertz CT molecular complexity index is 448. The first-order chi connectivity index (χ1) is 8.56. The molecule has 1 aromatic rings. The van der Waals surface area contributed by atoms with Gasteiger partial charge in [-0.15, -0.1) is 10.2 Å². The zero-order valence-corrected chi connectivity index (χ0v) is 11.4. The number of halogens is 2. The molecule has 5 nitrogen and oxygen atoms in total. The summed E-state index contributed by atoms with van der Waals surface area (Å²) < 4.78 is 5.39. The lowest BCUT2D eigenvalue weighted by molar-refractivity contribution is 0.0139. The minimum atomic E-state index is -0.494. The van der Waals surface area contributed by atoms with Crippen LogP contribution in [-0.2, 0) is 4.74 Å². The first-order valence-corrected chi connectivity index (χ1v) is 6.40. The zero-order chi connectivity index (χ0) is 13.1. The maximum Gasteiger partial charge on any atom is 0.341 e. The maximum absolute atomic E-state index is 11.9. The molecule has 0 unspecified atom stereocenters. The SMILES string of the molecule is CN1CCC(OC(=O)c2cc(Cl)nnc2Cl)CC1. The number of ether oxygens (including phenoxy) is 1. The second kappa shape index (κ2) is 5.82. The summed E-state index contributed by atoms with van der Waals surface area (Å²) in [4.78, 5) is 14.1. The van der Waals surface area contributed by atoms with Gasteiger partial charge in [0, 0.05) is 13.1 Å². The van der Waals surface area contributed by atoms with E-state index in [9.17, 15) is 4.79 Å². The van der Waals surface area contributed by atoms with Crippen molar-refractivity contribution in [1.82, 2.24) is 15.1 Å². The number of likely N-dealkylation sites (tertiary alicyclic amines) is 1. The second-order valence-electron chi connectivity index (χ2n) is 4.28. The summed E-state index contributed by atoms with van der Waals surface area (Å²) in [6, 6.07) is 1.37. The Balaban J connectivity index is 2.01. The van der Waals surface area contributed by atoms with E-state index in [-0.39, 0.29) is 22.0 Å². The Hall–Kier alpha value is -0.910. The molecule has 2 rings (SSSR count). The van der Waals surface area contributed by atoms with E-state index in [1.165, 1.54) is 6.07 Å². The molecule has 1 fully saturated rings. The van der Waals surface area contributed by atoms with Crippen molar-refractivity contribution < 1.29 is 9.53 Å². The van der Waals surface area contributed by atoms with Crippen LogP contribution < -0.4 is 0 Å². The van der Waals surface area contributed by atoms with E-state index in [1.54, 1.807) is 0 Å². The largest absolute Gasteiger partial charge is 0.459 e. The highest BCUT2D eigenvalue weighted by atomic mass is 35.5. The molecule has 18 heavy (non-hydrogen) atoms. The van der Waals surface area contributed by atoms with E-state index in [0.29, 0.717) is 0 Å². The first-order valence-electron chi connectivity index (χ1n) is 5.64. The summed E-state index contributed by atoms with van der Waals surface area (Å²) in [5, 5.41) is 7.26. The highest BCUT2D eigenvalue weighted by Crippen LogP contribution is 2.19. The number of nitrogens with zero attached hydrogens (tertiary/aromatic N) is 3. The number of hydrogen-bond acceptors (Lipinski definition) is 5. The molecular weight excluding hydrogens is 277 g/mol. The Labute approximate surface area is 115 Å². The Morgan fingerprint density at radius 1 is 1.39 bits per heavy atom. The van der Waals surface area contributed by atoms with Crippen molar-refractivity contribution in [2.24, 2.45) is 0 Å². The predicted molar refractivity (Wildman–Crippen MR) is 68.0 cm³/mol. The predicted octanol–water partition coefficient (Wildman–Crippen LogP) is 2.03. The van der Waals surface area contributed by atoms with Gasteiger partial charge in [0.1, 0.15) is 11.7 Å². The molecule has 2 heterocycles. The van der Waals surface area contributed by atoms with Gasteiger partial charge in [0.2, 0.25) is 0 Å². The van der Waals surface area contributed by atoms with E-state index in [4.69, 9.17) is 27.9 Å². The van der Waals surface area contributed by atoms with Crippen molar-refractivity contribution in [1.29, 1.82) is 0 Å². The van der Waals surface area contributed by atoms with Crippen LogP contribution in [0.5, 0.6) is 0 Å². The summed E-state index contributed by atoms with van der Waals surface area (Å²) >= 11 is 11.5. The van der Waals surface area contributed by atoms with Crippen molar-refractivity contribution in [3.63, 3.8) is 0 Å². The average Bonchev–Trinajstić information content (AvgIpc) is 2.35. The quantitative estimate of drug-likeness (QED) is 0.780. The van der Waals surface area contributed by atoms with Crippen LogP contribution in [0.4, 0.5) is 0 Å². The fourth-order valence-electron chi connectivity index (χ4n) is 1.81. The van der Waals surface area contributed by atoms with Crippen molar-refractivity contribution in [2.75, 3.05) is 20.1 Å². The lowest BCUT2D eigenvalue weighted by Gasteiger charge is -2.28. The molecule has 98 valence electrons. The van der Waals surface area contributed by atoms with E-state index < -0.39 is 5.97 Å². The van der Waals surface area contributed by atoms with Gasteiger partial charge in [0.15, 0.2) is 10.3 Å². The Morgan fingerprint density at radius 2 is 2.06 bits per heavy atom. The molecule has 7 heteroatoms. The monoisotopic (exact) mass is 289 g/mol. The third-order valence-corrected chi connectivity index (χ3v) is 3.34. The Kier molecular flexibility index (Phi) is 4.37. The van der Waals surface area contributed by atoms with Gasteiger partial charge < -0.3 is 9.64 Å². The van der Waals surface area contributed by atoms with Gasteiger partial charge in [-0.3, -0.25) is 0 Å². The minimum Gasteiger partial charge on any atom is -0.459 e. The number of aromatic nitrogens is 2. The number of rotatable bonds is 2. The molecule has 0 saturated carbocycles. The van der Waals surface area contributed by atoms with Crippen molar-refractivity contribution in [3.8, 4) is 0 Å². The number of carbonyl (C=O) groups excluding carboxylic acids is 1. The van der Waals surface area contributed by atoms with Gasteiger partial charge >= 0.3 is 5.97 Å². The third-order valence-electron chi connectivity index (χ3n) is 2.88. The summed E-state index contributed by atoms with van der Waals surface area (Å²) in [5.74, 6) is -0.494. The minimum absolute atomic E-state index is 0.0114. The molecule has 0 aliphatic carbocycles. The molecule has 1 aliphatic heterocycles. The van der Waals surface area contributed by atoms with Gasteiger partial charge in [-0.25, -0.2) is 4.79 Å². The van der Waals surface area contributed by atoms with Crippen LogP contribution >= 0.6 is 23.2 Å². The summed E-state index contributed by atoms with van der Waals surface area (Å²) in [6.45, 7) is 1.84. The summed E-state index contributed by atoms with van der Waals surface area (Å²) in [6.07, 6.45) is 1.58.